The van der Waals surface area contributed by atoms with Gasteiger partial charge in [0.1, 0.15) is 11.5 Å². The molecule has 0 saturated carbocycles. The predicted octanol–water partition coefficient (Wildman–Crippen LogP) is 3.62. The lowest BCUT2D eigenvalue weighted by Gasteiger charge is -2.24. The Bertz CT molecular complexity index is 1750. The Morgan fingerprint density at radius 1 is 1.08 bits per heavy atom. The summed E-state index contributed by atoms with van der Waals surface area (Å²) in [4.78, 5) is 44.1. The van der Waals surface area contributed by atoms with E-state index in [0.29, 0.717) is 43.2 Å². The summed E-state index contributed by atoms with van der Waals surface area (Å²) in [6.45, 7) is 3.65. The molecule has 1 aliphatic rings. The van der Waals surface area contributed by atoms with Crippen LogP contribution in [0.2, 0.25) is 0 Å². The zero-order valence-corrected chi connectivity index (χ0v) is 22.2. The highest BCUT2D eigenvalue weighted by atomic mass is 32.1. The molecule has 0 fully saturated rings. The van der Waals surface area contributed by atoms with Gasteiger partial charge in [-0.15, -0.1) is 0 Å². The molecular formula is C29H24N2O7S. The number of carbonyl (C=O) groups is 2. The molecule has 9 nitrogen and oxygen atoms in total. The van der Waals surface area contributed by atoms with Crippen molar-refractivity contribution in [2.45, 2.75) is 19.9 Å². The Morgan fingerprint density at radius 2 is 1.87 bits per heavy atom. The van der Waals surface area contributed by atoms with Gasteiger partial charge in [0.2, 0.25) is 5.76 Å². The van der Waals surface area contributed by atoms with Crippen molar-refractivity contribution in [1.82, 2.24) is 4.57 Å². The van der Waals surface area contributed by atoms with E-state index in [9.17, 15) is 14.4 Å². The number of rotatable bonds is 7. The fourth-order valence-electron chi connectivity index (χ4n) is 4.26. The second kappa shape index (κ2) is 11.0. The number of allylic oxidation sites excluding steroid dienone is 1. The van der Waals surface area contributed by atoms with E-state index in [-0.39, 0.29) is 17.9 Å². The van der Waals surface area contributed by atoms with Gasteiger partial charge in [0, 0.05) is 0 Å². The molecule has 0 bridgehead atoms. The van der Waals surface area contributed by atoms with Gasteiger partial charge in [-0.1, -0.05) is 35.6 Å². The Kier molecular flexibility index (Phi) is 7.29. The molecule has 0 amide bonds. The lowest BCUT2D eigenvalue weighted by atomic mass is 9.96. The highest BCUT2D eigenvalue weighted by molar-refractivity contribution is 7.07. The van der Waals surface area contributed by atoms with E-state index in [1.54, 1.807) is 69.5 Å². The van der Waals surface area contributed by atoms with Gasteiger partial charge in [0.15, 0.2) is 4.80 Å². The van der Waals surface area contributed by atoms with Crippen LogP contribution in [0.25, 0.3) is 6.08 Å². The van der Waals surface area contributed by atoms with Gasteiger partial charge in [-0.2, -0.15) is 0 Å². The Balaban J connectivity index is 1.58. The molecule has 0 unspecified atom stereocenters. The number of hydrogen-bond acceptors (Lipinski definition) is 9. The van der Waals surface area contributed by atoms with Crippen LogP contribution >= 0.6 is 11.3 Å². The van der Waals surface area contributed by atoms with Crippen molar-refractivity contribution < 1.29 is 28.2 Å². The zero-order chi connectivity index (χ0) is 27.5. The maximum absolute atomic E-state index is 13.8. The summed E-state index contributed by atoms with van der Waals surface area (Å²) < 4.78 is 23.0. The molecular weight excluding hydrogens is 520 g/mol. The Hall–Kier alpha value is -4.70. The molecule has 0 aliphatic carbocycles. The lowest BCUT2D eigenvalue weighted by molar-refractivity contribution is -0.139. The molecule has 5 rings (SSSR count). The first-order chi connectivity index (χ1) is 18.9. The number of ether oxygens (including phenoxy) is 3. The molecule has 2 aromatic heterocycles. The van der Waals surface area contributed by atoms with Crippen LogP contribution < -0.4 is 24.4 Å². The van der Waals surface area contributed by atoms with Crippen molar-refractivity contribution in [2.24, 2.45) is 4.99 Å². The monoisotopic (exact) mass is 544 g/mol. The van der Waals surface area contributed by atoms with Crippen LogP contribution in [0.15, 0.2) is 92.4 Å². The number of methoxy groups -OCH3 is 1. The van der Waals surface area contributed by atoms with Gasteiger partial charge in [-0.05, 0) is 67.4 Å². The van der Waals surface area contributed by atoms with Crippen molar-refractivity contribution in [3.63, 3.8) is 0 Å². The summed E-state index contributed by atoms with van der Waals surface area (Å²) in [7, 11) is 1.57. The molecule has 0 saturated heterocycles. The van der Waals surface area contributed by atoms with Crippen LogP contribution in [0, 0.1) is 0 Å². The number of carbonyl (C=O) groups excluding carboxylic acids is 2. The van der Waals surface area contributed by atoms with Gasteiger partial charge in [-0.25, -0.2) is 14.6 Å². The Labute approximate surface area is 226 Å². The summed E-state index contributed by atoms with van der Waals surface area (Å²) >= 11 is 1.21. The fourth-order valence-corrected chi connectivity index (χ4v) is 5.31. The number of thiazole rings is 1. The quantitative estimate of drug-likeness (QED) is 0.258. The number of benzene rings is 2. The van der Waals surface area contributed by atoms with E-state index in [1.165, 1.54) is 28.2 Å². The summed E-state index contributed by atoms with van der Waals surface area (Å²) in [6, 6.07) is 16.4. The largest absolute Gasteiger partial charge is 0.497 e. The number of fused-ring (bicyclic) bond motifs is 1. The van der Waals surface area contributed by atoms with Crippen LogP contribution in [-0.2, 0) is 9.53 Å². The highest BCUT2D eigenvalue weighted by Gasteiger charge is 2.33. The van der Waals surface area contributed by atoms with Crippen LogP contribution in [-0.4, -0.2) is 30.2 Å². The number of esters is 2. The van der Waals surface area contributed by atoms with Gasteiger partial charge in [-0.3, -0.25) is 9.36 Å². The molecule has 0 radical (unpaired) electrons. The van der Waals surface area contributed by atoms with Crippen LogP contribution in [0.4, 0.5) is 0 Å². The highest BCUT2D eigenvalue weighted by Crippen LogP contribution is 2.31. The second-order valence-electron chi connectivity index (χ2n) is 8.51. The van der Waals surface area contributed by atoms with E-state index in [0.717, 1.165) is 0 Å². The smallest absolute Gasteiger partial charge is 0.379 e. The van der Waals surface area contributed by atoms with E-state index < -0.39 is 18.0 Å². The third-order valence-corrected chi connectivity index (χ3v) is 7.02. The van der Waals surface area contributed by atoms with E-state index in [1.807, 2.05) is 12.1 Å². The number of furan rings is 1. The van der Waals surface area contributed by atoms with Gasteiger partial charge in [0.25, 0.3) is 5.56 Å². The van der Waals surface area contributed by atoms with E-state index in [4.69, 9.17) is 18.6 Å². The van der Waals surface area contributed by atoms with E-state index in [2.05, 4.69) is 4.99 Å². The summed E-state index contributed by atoms with van der Waals surface area (Å²) in [5.74, 6) is -0.121. The van der Waals surface area contributed by atoms with Gasteiger partial charge < -0.3 is 18.6 Å². The molecule has 39 heavy (non-hydrogen) atoms. The minimum absolute atomic E-state index is 0.0834. The molecule has 3 heterocycles. The molecule has 4 aromatic rings. The topological polar surface area (TPSA) is 109 Å². The number of aromatic nitrogens is 1. The van der Waals surface area contributed by atoms with Gasteiger partial charge >= 0.3 is 11.9 Å². The van der Waals surface area contributed by atoms with Crippen molar-refractivity contribution >= 4 is 29.4 Å². The maximum atomic E-state index is 13.8. The average Bonchev–Trinajstić information content (AvgIpc) is 3.57. The normalized spacial score (nSPS) is 14.9. The minimum Gasteiger partial charge on any atom is -0.497 e. The SMILES string of the molecule is CCOC(=O)C1=C(C)N=c2s/c(=C/c3cccc(OC(=O)c4ccco4)c3)c(=O)n2[C@@H]1c1ccc(OC)cc1. The standard InChI is InChI=1S/C29H24N2O7S/c1-4-36-28(34)24-17(2)30-29-31(25(24)19-10-12-20(35-3)13-11-19)26(32)23(39-29)16-18-7-5-8-21(15-18)38-27(33)22-9-6-14-37-22/h5-16,25H,4H2,1-3H3/b23-16+/t25-/m1/s1. The van der Waals surface area contributed by atoms with Crippen molar-refractivity contribution in [1.29, 1.82) is 0 Å². The second-order valence-corrected chi connectivity index (χ2v) is 9.52. The molecule has 198 valence electrons. The van der Waals surface area contributed by atoms with Crippen LogP contribution in [0.5, 0.6) is 11.5 Å². The van der Waals surface area contributed by atoms with E-state index >= 15 is 0 Å². The molecule has 1 atom stereocenters. The van der Waals surface area contributed by atoms with Gasteiger partial charge in [0.05, 0.1) is 41.8 Å². The van der Waals surface area contributed by atoms with Crippen LogP contribution in [0.1, 0.15) is 41.6 Å². The van der Waals surface area contributed by atoms with Crippen LogP contribution in [0.3, 0.4) is 0 Å². The summed E-state index contributed by atoms with van der Waals surface area (Å²) in [5, 5.41) is 0. The molecule has 10 heteroatoms. The number of hydrogen-bond donors (Lipinski definition) is 0. The summed E-state index contributed by atoms with van der Waals surface area (Å²) in [5.41, 5.74) is 1.83. The summed E-state index contributed by atoms with van der Waals surface area (Å²) in [6.07, 6.45) is 3.09. The third-order valence-electron chi connectivity index (χ3n) is 6.04. The maximum Gasteiger partial charge on any atom is 0.379 e. The zero-order valence-electron chi connectivity index (χ0n) is 21.4. The first-order valence-corrected chi connectivity index (χ1v) is 12.9. The first-order valence-electron chi connectivity index (χ1n) is 12.1. The fraction of sp³-hybridized carbons (Fsp3) is 0.172. The molecule has 0 N–H and O–H groups in total. The Morgan fingerprint density at radius 3 is 2.56 bits per heavy atom. The molecule has 2 aromatic carbocycles. The predicted molar refractivity (Wildman–Crippen MR) is 144 cm³/mol. The first kappa shape index (κ1) is 25.9. The average molecular weight is 545 g/mol. The van der Waals surface area contributed by atoms with Crippen molar-refractivity contribution in [3.8, 4) is 11.5 Å². The molecule has 0 spiro atoms. The minimum atomic E-state index is -0.728. The van der Waals surface area contributed by atoms with Crippen molar-refractivity contribution in [2.75, 3.05) is 13.7 Å². The third kappa shape index (κ3) is 5.19. The van der Waals surface area contributed by atoms with Crippen molar-refractivity contribution in [3.05, 3.63) is 115 Å². The lowest BCUT2D eigenvalue weighted by Crippen LogP contribution is -2.39. The number of nitrogens with zero attached hydrogens (tertiary/aromatic N) is 2. The molecule has 1 aliphatic heterocycles.